The van der Waals surface area contributed by atoms with Crippen LogP contribution in [0.15, 0.2) is 88.6 Å². The summed E-state index contributed by atoms with van der Waals surface area (Å²) in [5, 5.41) is 5.45. The van der Waals surface area contributed by atoms with E-state index in [-0.39, 0.29) is 18.3 Å². The van der Waals surface area contributed by atoms with Crippen molar-refractivity contribution >= 4 is 23.1 Å². The molecular formula is C30H29NO5S. The van der Waals surface area contributed by atoms with Gasteiger partial charge in [0.1, 0.15) is 6.61 Å². The molecule has 7 heteroatoms. The molecule has 2 aromatic carbocycles. The first-order valence-corrected chi connectivity index (χ1v) is 13.1. The Bertz CT molecular complexity index is 1370. The van der Waals surface area contributed by atoms with E-state index >= 15 is 0 Å². The van der Waals surface area contributed by atoms with E-state index in [9.17, 15) is 9.59 Å². The van der Waals surface area contributed by atoms with Crippen LogP contribution in [-0.2, 0) is 20.9 Å². The van der Waals surface area contributed by atoms with Gasteiger partial charge in [-0.25, -0.2) is 4.79 Å². The molecule has 2 aliphatic rings. The van der Waals surface area contributed by atoms with Crippen molar-refractivity contribution in [2.75, 3.05) is 14.2 Å². The molecule has 0 spiro atoms. The van der Waals surface area contributed by atoms with Crippen molar-refractivity contribution in [3.05, 3.63) is 105 Å². The highest BCUT2D eigenvalue weighted by Crippen LogP contribution is 2.47. The smallest absolute Gasteiger partial charge is 0.337 e. The second-order valence-electron chi connectivity index (χ2n) is 9.21. The van der Waals surface area contributed by atoms with Crippen LogP contribution in [0, 0.1) is 0 Å². The van der Waals surface area contributed by atoms with E-state index in [1.54, 1.807) is 31.6 Å². The molecule has 6 nitrogen and oxygen atoms in total. The number of allylic oxidation sites excluding steroid dienone is 3. The molecule has 0 radical (unpaired) electrons. The van der Waals surface area contributed by atoms with Crippen molar-refractivity contribution in [3.8, 4) is 11.5 Å². The number of ketones is 1. The van der Waals surface area contributed by atoms with E-state index in [1.807, 2.05) is 60.8 Å². The summed E-state index contributed by atoms with van der Waals surface area (Å²) in [5.74, 6) is 0.243. The van der Waals surface area contributed by atoms with Gasteiger partial charge in [0.2, 0.25) is 0 Å². The number of Topliss-reactive ketones (excluding diaryl/α,β-unsaturated/α-hetero) is 1. The van der Waals surface area contributed by atoms with Crippen LogP contribution >= 0.6 is 11.3 Å². The average molecular weight is 516 g/mol. The number of nitrogens with one attached hydrogen (secondary N) is 1. The van der Waals surface area contributed by atoms with E-state index in [2.05, 4.69) is 11.4 Å². The number of benzene rings is 2. The van der Waals surface area contributed by atoms with Gasteiger partial charge in [0.05, 0.1) is 19.8 Å². The lowest BCUT2D eigenvalue weighted by Crippen LogP contribution is -2.36. The standard InChI is InChI=1S/C30H29NO5S/c1-18-27(30(33)36-17-19-8-5-4-6-9-19)28(20-11-12-24(34-2)25(16-20)35-3)29-22(31-18)14-21(15-23(29)32)26-10-7-13-37-26/h4-13,16,21,28,31H,14-15,17H2,1-3H3/t21-,28-/m1/s1. The van der Waals surface area contributed by atoms with Crippen molar-refractivity contribution in [1.82, 2.24) is 5.32 Å². The number of hydrogen-bond acceptors (Lipinski definition) is 7. The van der Waals surface area contributed by atoms with Crippen LogP contribution in [0.5, 0.6) is 11.5 Å². The normalized spacial score (nSPS) is 19.3. The molecule has 1 aliphatic carbocycles. The molecule has 0 saturated carbocycles. The van der Waals surface area contributed by atoms with E-state index in [1.165, 1.54) is 4.88 Å². The Labute approximate surface area is 220 Å². The summed E-state index contributed by atoms with van der Waals surface area (Å²) in [7, 11) is 3.15. The molecule has 5 rings (SSSR count). The quantitative estimate of drug-likeness (QED) is 0.397. The molecule has 0 bridgehead atoms. The third-order valence-electron chi connectivity index (χ3n) is 6.95. The van der Waals surface area contributed by atoms with Crippen LogP contribution < -0.4 is 14.8 Å². The number of ether oxygens (including phenoxy) is 3. The van der Waals surface area contributed by atoms with Gasteiger partial charge >= 0.3 is 5.97 Å². The van der Waals surface area contributed by atoms with Gasteiger partial charge in [-0.3, -0.25) is 4.79 Å². The summed E-state index contributed by atoms with van der Waals surface area (Å²) in [6.45, 7) is 2.02. The van der Waals surface area contributed by atoms with Gasteiger partial charge in [-0.05, 0) is 48.1 Å². The van der Waals surface area contributed by atoms with Crippen LogP contribution in [0.3, 0.4) is 0 Å². The first-order chi connectivity index (χ1) is 18.0. The summed E-state index contributed by atoms with van der Waals surface area (Å²) in [6.07, 6.45) is 1.10. The number of methoxy groups -OCH3 is 2. The Balaban J connectivity index is 1.55. The van der Waals surface area contributed by atoms with Crippen molar-refractivity contribution in [1.29, 1.82) is 0 Å². The maximum atomic E-state index is 13.7. The highest BCUT2D eigenvalue weighted by Gasteiger charge is 2.41. The SMILES string of the molecule is COc1ccc([C@@H]2C(C(=O)OCc3ccccc3)=C(C)NC3=C2C(=O)C[C@H](c2cccs2)C3)cc1OC. The summed E-state index contributed by atoms with van der Waals surface area (Å²) in [5.41, 5.74) is 4.29. The molecule has 0 saturated heterocycles. The highest BCUT2D eigenvalue weighted by molar-refractivity contribution is 7.10. The zero-order valence-electron chi connectivity index (χ0n) is 21.1. The Morgan fingerprint density at radius 3 is 2.49 bits per heavy atom. The molecule has 1 aliphatic heterocycles. The second kappa shape index (κ2) is 10.6. The lowest BCUT2D eigenvalue weighted by Gasteiger charge is -2.36. The number of dihydropyridines is 1. The minimum Gasteiger partial charge on any atom is -0.493 e. The van der Waals surface area contributed by atoms with Crippen LogP contribution in [0.25, 0.3) is 0 Å². The summed E-state index contributed by atoms with van der Waals surface area (Å²) >= 11 is 1.67. The molecule has 1 aromatic heterocycles. The largest absolute Gasteiger partial charge is 0.493 e. The Kier molecular flexibility index (Phi) is 7.15. The Hall–Kier alpha value is -3.84. The predicted octanol–water partition coefficient (Wildman–Crippen LogP) is 5.87. The lowest BCUT2D eigenvalue weighted by molar-refractivity contribution is -0.140. The summed E-state index contributed by atoms with van der Waals surface area (Å²) < 4.78 is 16.7. The number of esters is 1. The molecule has 37 heavy (non-hydrogen) atoms. The Morgan fingerprint density at radius 2 is 1.78 bits per heavy atom. The summed E-state index contributed by atoms with van der Waals surface area (Å²) in [4.78, 5) is 28.5. The molecular weight excluding hydrogens is 486 g/mol. The zero-order valence-corrected chi connectivity index (χ0v) is 21.9. The van der Waals surface area contributed by atoms with E-state index in [4.69, 9.17) is 14.2 Å². The van der Waals surface area contributed by atoms with Crippen LogP contribution in [0.1, 0.15) is 47.6 Å². The molecule has 2 atom stereocenters. The van der Waals surface area contributed by atoms with Crippen molar-refractivity contribution in [2.45, 2.75) is 38.2 Å². The van der Waals surface area contributed by atoms with Gasteiger partial charge in [0, 0.05) is 40.1 Å². The van der Waals surface area contributed by atoms with Gasteiger partial charge in [-0.15, -0.1) is 11.3 Å². The molecule has 190 valence electrons. The van der Waals surface area contributed by atoms with Gasteiger partial charge < -0.3 is 19.5 Å². The lowest BCUT2D eigenvalue weighted by atomic mass is 9.72. The average Bonchev–Trinajstić information content (AvgIpc) is 3.46. The number of carbonyl (C=O) groups excluding carboxylic acids is 2. The fourth-order valence-corrected chi connectivity index (χ4v) is 6.03. The van der Waals surface area contributed by atoms with E-state index in [0.717, 1.165) is 16.8 Å². The van der Waals surface area contributed by atoms with Crippen LogP contribution in [0.2, 0.25) is 0 Å². The van der Waals surface area contributed by atoms with Crippen LogP contribution in [0.4, 0.5) is 0 Å². The predicted molar refractivity (Wildman–Crippen MR) is 143 cm³/mol. The van der Waals surface area contributed by atoms with Gasteiger partial charge in [-0.2, -0.15) is 0 Å². The zero-order chi connectivity index (χ0) is 25.9. The van der Waals surface area contributed by atoms with Crippen molar-refractivity contribution < 1.29 is 23.8 Å². The van der Waals surface area contributed by atoms with Crippen molar-refractivity contribution in [3.63, 3.8) is 0 Å². The first kappa shape index (κ1) is 24.8. The third-order valence-corrected chi connectivity index (χ3v) is 7.98. The molecule has 0 amide bonds. The van der Waals surface area contributed by atoms with Gasteiger partial charge in [0.25, 0.3) is 0 Å². The highest BCUT2D eigenvalue weighted by atomic mass is 32.1. The van der Waals surface area contributed by atoms with E-state index < -0.39 is 11.9 Å². The number of thiophene rings is 1. The molecule has 0 unspecified atom stereocenters. The second-order valence-corrected chi connectivity index (χ2v) is 10.2. The monoisotopic (exact) mass is 515 g/mol. The number of hydrogen-bond donors (Lipinski definition) is 1. The molecule has 0 fully saturated rings. The maximum absolute atomic E-state index is 13.7. The van der Waals surface area contributed by atoms with Gasteiger partial charge in [0.15, 0.2) is 17.3 Å². The fraction of sp³-hybridized carbons (Fsp3) is 0.267. The number of rotatable bonds is 7. The first-order valence-electron chi connectivity index (χ1n) is 12.2. The van der Waals surface area contributed by atoms with E-state index in [0.29, 0.717) is 41.2 Å². The molecule has 1 N–H and O–H groups in total. The molecule has 3 aromatic rings. The maximum Gasteiger partial charge on any atom is 0.337 e. The van der Waals surface area contributed by atoms with Gasteiger partial charge in [-0.1, -0.05) is 42.5 Å². The molecule has 2 heterocycles. The van der Waals surface area contributed by atoms with Crippen LogP contribution in [-0.4, -0.2) is 26.0 Å². The fourth-order valence-electron chi connectivity index (χ4n) is 5.20. The Morgan fingerprint density at radius 1 is 1.00 bits per heavy atom. The topological polar surface area (TPSA) is 73.9 Å². The van der Waals surface area contributed by atoms with Crippen molar-refractivity contribution in [2.24, 2.45) is 0 Å². The minimum absolute atomic E-state index is 0.0350. The minimum atomic E-state index is -0.573. The number of carbonyl (C=O) groups is 2. The third kappa shape index (κ3) is 4.91. The summed E-state index contributed by atoms with van der Waals surface area (Å²) in [6, 6.07) is 19.2.